The first-order chi connectivity index (χ1) is 16.5. The number of nitrogens with two attached hydrogens (primary N) is 1. The van der Waals surface area contributed by atoms with Gasteiger partial charge >= 0.3 is 0 Å². The maximum absolute atomic E-state index is 13.7. The van der Waals surface area contributed by atoms with Crippen LogP contribution in [0.4, 0.5) is 0 Å². The second kappa shape index (κ2) is 9.47. The van der Waals surface area contributed by atoms with Crippen LogP contribution in [0.5, 0.6) is 0 Å². The van der Waals surface area contributed by atoms with Crippen LogP contribution in [0, 0.1) is 0 Å². The van der Waals surface area contributed by atoms with Crippen LogP contribution in [0.25, 0.3) is 0 Å². The Bertz CT molecular complexity index is 1140. The predicted molar refractivity (Wildman–Crippen MR) is 130 cm³/mol. The Morgan fingerprint density at radius 2 is 1.56 bits per heavy atom. The van der Waals surface area contributed by atoms with Crippen LogP contribution in [0.3, 0.4) is 0 Å². The number of carbonyl (C=O) groups excluding carboxylic acids is 2. The number of benzene rings is 2. The summed E-state index contributed by atoms with van der Waals surface area (Å²) in [5.41, 5.74) is 8.33. The van der Waals surface area contributed by atoms with E-state index in [0.717, 1.165) is 12.0 Å². The van der Waals surface area contributed by atoms with Crippen molar-refractivity contribution in [3.8, 4) is 0 Å². The molecule has 0 bridgehead atoms. The number of hydrogen-bond donors (Lipinski definition) is 1. The van der Waals surface area contributed by atoms with Crippen LogP contribution in [-0.2, 0) is 4.79 Å². The number of likely N-dealkylation sites (tertiary alicyclic amines) is 2. The topological polar surface area (TPSA) is 79.8 Å². The second-order valence-corrected chi connectivity index (χ2v) is 9.49. The molecule has 2 aliphatic rings. The van der Waals surface area contributed by atoms with Crippen LogP contribution in [0.15, 0.2) is 77.2 Å². The van der Waals surface area contributed by atoms with Gasteiger partial charge in [0.2, 0.25) is 5.91 Å². The van der Waals surface area contributed by atoms with Crippen molar-refractivity contribution in [3.05, 3.63) is 95.4 Å². The van der Waals surface area contributed by atoms with Crippen LogP contribution in [0.1, 0.15) is 65.1 Å². The van der Waals surface area contributed by atoms with Gasteiger partial charge in [-0.15, -0.1) is 0 Å². The van der Waals surface area contributed by atoms with Gasteiger partial charge in [0.15, 0.2) is 5.76 Å². The smallest absolute Gasteiger partial charge is 0.290 e. The van der Waals surface area contributed by atoms with E-state index in [1.165, 1.54) is 5.56 Å². The molecule has 0 aliphatic carbocycles. The molecule has 0 spiro atoms. The minimum absolute atomic E-state index is 0.0317. The van der Waals surface area contributed by atoms with Gasteiger partial charge in [-0.05, 0) is 43.0 Å². The Morgan fingerprint density at radius 1 is 0.912 bits per heavy atom. The van der Waals surface area contributed by atoms with Gasteiger partial charge in [-0.1, -0.05) is 60.7 Å². The number of rotatable bonds is 5. The molecule has 6 heteroatoms. The number of amides is 2. The van der Waals surface area contributed by atoms with Crippen molar-refractivity contribution in [2.45, 2.75) is 43.7 Å². The van der Waals surface area contributed by atoms with E-state index in [2.05, 4.69) is 24.3 Å². The predicted octanol–water partition coefficient (Wildman–Crippen LogP) is 4.31. The van der Waals surface area contributed by atoms with E-state index < -0.39 is 6.04 Å². The van der Waals surface area contributed by atoms with Crippen LogP contribution in [-0.4, -0.2) is 47.3 Å². The zero-order valence-electron chi connectivity index (χ0n) is 19.5. The Morgan fingerprint density at radius 3 is 2.18 bits per heavy atom. The van der Waals surface area contributed by atoms with Crippen molar-refractivity contribution in [2.24, 2.45) is 5.73 Å². The van der Waals surface area contributed by atoms with Gasteiger partial charge in [0.05, 0.1) is 6.04 Å². The fourth-order valence-corrected chi connectivity index (χ4v) is 5.28. The third-order valence-corrected chi connectivity index (χ3v) is 7.18. The molecule has 4 atom stereocenters. The van der Waals surface area contributed by atoms with Gasteiger partial charge in [0.1, 0.15) is 11.8 Å². The van der Waals surface area contributed by atoms with E-state index in [1.54, 1.807) is 17.0 Å². The van der Waals surface area contributed by atoms with Crippen molar-refractivity contribution in [1.29, 1.82) is 0 Å². The summed E-state index contributed by atoms with van der Waals surface area (Å²) in [6, 6.07) is 23.1. The number of hydrogen-bond acceptors (Lipinski definition) is 4. The molecule has 1 aromatic heterocycles. The van der Waals surface area contributed by atoms with Gasteiger partial charge < -0.3 is 20.0 Å². The highest BCUT2D eigenvalue weighted by atomic mass is 16.4. The lowest BCUT2D eigenvalue weighted by atomic mass is 9.96. The summed E-state index contributed by atoms with van der Waals surface area (Å²) >= 11 is 0. The first-order valence-electron chi connectivity index (χ1n) is 12.1. The zero-order chi connectivity index (χ0) is 23.7. The van der Waals surface area contributed by atoms with Crippen molar-refractivity contribution in [3.63, 3.8) is 0 Å². The number of nitrogens with zero attached hydrogens (tertiary/aromatic N) is 2. The van der Waals surface area contributed by atoms with Crippen LogP contribution >= 0.6 is 0 Å². The lowest BCUT2D eigenvalue weighted by molar-refractivity contribution is -0.134. The van der Waals surface area contributed by atoms with E-state index in [9.17, 15) is 9.59 Å². The Kier molecular flexibility index (Phi) is 6.24. The molecule has 6 nitrogen and oxygen atoms in total. The first kappa shape index (κ1) is 22.4. The lowest BCUT2D eigenvalue weighted by Gasteiger charge is -2.27. The highest BCUT2D eigenvalue weighted by Gasteiger charge is 2.44. The molecule has 2 aromatic carbocycles. The minimum Gasteiger partial charge on any atom is -0.454 e. The average Bonchev–Trinajstić information content (AvgIpc) is 3.64. The summed E-state index contributed by atoms with van der Waals surface area (Å²) in [5.74, 6) is 1.03. The van der Waals surface area contributed by atoms with E-state index in [-0.39, 0.29) is 29.5 Å². The zero-order valence-corrected chi connectivity index (χ0v) is 19.5. The van der Waals surface area contributed by atoms with Gasteiger partial charge in [-0.25, -0.2) is 0 Å². The van der Waals surface area contributed by atoms with Gasteiger partial charge in [0.25, 0.3) is 5.91 Å². The highest BCUT2D eigenvalue weighted by Crippen LogP contribution is 2.36. The average molecular weight is 458 g/mol. The fourth-order valence-electron chi connectivity index (χ4n) is 5.28. The van der Waals surface area contributed by atoms with Crippen molar-refractivity contribution in [2.75, 3.05) is 19.6 Å². The van der Waals surface area contributed by atoms with Crippen LogP contribution < -0.4 is 5.73 Å². The van der Waals surface area contributed by atoms with E-state index >= 15 is 0 Å². The maximum Gasteiger partial charge on any atom is 0.290 e. The molecule has 34 heavy (non-hydrogen) atoms. The van der Waals surface area contributed by atoms with E-state index in [1.807, 2.05) is 48.2 Å². The van der Waals surface area contributed by atoms with Crippen molar-refractivity contribution < 1.29 is 14.0 Å². The molecule has 2 fully saturated rings. The summed E-state index contributed by atoms with van der Waals surface area (Å²) < 4.78 is 5.75. The molecular formula is C28H31N3O3. The maximum atomic E-state index is 13.7. The van der Waals surface area contributed by atoms with Gasteiger partial charge in [0, 0.05) is 31.5 Å². The summed E-state index contributed by atoms with van der Waals surface area (Å²) in [6.07, 6.45) is 1.55. The van der Waals surface area contributed by atoms with E-state index in [4.69, 9.17) is 10.2 Å². The second-order valence-electron chi connectivity index (χ2n) is 9.49. The normalized spacial score (nSPS) is 23.3. The minimum atomic E-state index is -0.504. The Balaban J connectivity index is 1.38. The molecule has 0 radical (unpaired) electrons. The monoisotopic (exact) mass is 457 g/mol. The molecule has 2 aliphatic heterocycles. The quantitative estimate of drug-likeness (QED) is 0.619. The summed E-state index contributed by atoms with van der Waals surface area (Å²) in [7, 11) is 0. The number of carbonyl (C=O) groups is 2. The molecular weight excluding hydrogens is 426 g/mol. The molecule has 5 rings (SSSR count). The first-order valence-corrected chi connectivity index (χ1v) is 12.1. The number of furan rings is 1. The molecule has 0 saturated carbocycles. The summed E-state index contributed by atoms with van der Waals surface area (Å²) in [4.78, 5) is 30.9. The molecule has 2 N–H and O–H groups in total. The highest BCUT2D eigenvalue weighted by molar-refractivity contribution is 5.96. The summed E-state index contributed by atoms with van der Waals surface area (Å²) in [6.45, 7) is 3.70. The largest absolute Gasteiger partial charge is 0.454 e. The Hall–Kier alpha value is -3.38. The molecule has 2 saturated heterocycles. The molecule has 3 heterocycles. The van der Waals surface area contributed by atoms with Crippen molar-refractivity contribution >= 4 is 11.8 Å². The van der Waals surface area contributed by atoms with Gasteiger partial charge in [-0.3, -0.25) is 9.59 Å². The van der Waals surface area contributed by atoms with E-state index in [0.29, 0.717) is 37.7 Å². The molecule has 176 valence electrons. The van der Waals surface area contributed by atoms with Crippen molar-refractivity contribution in [1.82, 2.24) is 9.80 Å². The standard InChI is InChI=1S/C28H31N3O3/c1-19(29)25-12-13-26(34-25)28(33)31-18-23(21-10-6-3-7-11-21)16-24(31)27(32)30-15-14-22(17-30)20-8-4-2-5-9-20/h2-13,19,22-24H,14-18,29H2,1H3/t19-,22+,23+,24+/m1/s1. The Labute approximate surface area is 200 Å². The summed E-state index contributed by atoms with van der Waals surface area (Å²) in [5, 5.41) is 0. The lowest BCUT2D eigenvalue weighted by Crippen LogP contribution is -2.47. The third kappa shape index (κ3) is 4.38. The fraction of sp³-hybridized carbons (Fsp3) is 0.357. The molecule has 3 aromatic rings. The molecule has 0 unspecified atom stereocenters. The molecule has 2 amide bonds. The van der Waals surface area contributed by atoms with Gasteiger partial charge in [-0.2, -0.15) is 0 Å². The SMILES string of the molecule is C[C@@H](N)c1ccc(C(=O)N2C[C@@H](c3ccccc3)C[C@H]2C(=O)N2CC[C@H](c3ccccc3)C2)o1. The third-order valence-electron chi connectivity index (χ3n) is 7.18. The van der Waals surface area contributed by atoms with Crippen LogP contribution in [0.2, 0.25) is 0 Å².